The van der Waals surface area contributed by atoms with E-state index in [1.54, 1.807) is 7.11 Å². The van der Waals surface area contributed by atoms with Gasteiger partial charge in [-0.15, -0.1) is 0 Å². The number of aryl methyl sites for hydroxylation is 2. The van der Waals surface area contributed by atoms with Crippen LogP contribution in [0.15, 0.2) is 60.7 Å². The fourth-order valence-electron chi connectivity index (χ4n) is 3.14. The second-order valence-corrected chi connectivity index (χ2v) is 7.63. The molecule has 162 valence electrons. The summed E-state index contributed by atoms with van der Waals surface area (Å²) in [5, 5.41) is 6.57. The van der Waals surface area contributed by atoms with E-state index >= 15 is 0 Å². The number of hydrogen-bond acceptors (Lipinski definition) is 4. The molecule has 5 nitrogen and oxygen atoms in total. The van der Waals surface area contributed by atoms with Crippen molar-refractivity contribution in [1.82, 2.24) is 0 Å². The van der Waals surface area contributed by atoms with Crippen molar-refractivity contribution in [3.63, 3.8) is 0 Å². The zero-order valence-electron chi connectivity index (χ0n) is 18.0. The number of halogens is 1. The minimum atomic E-state index is -0.273. The van der Waals surface area contributed by atoms with E-state index < -0.39 is 0 Å². The summed E-state index contributed by atoms with van der Waals surface area (Å²) in [4.78, 5) is 12.2. The summed E-state index contributed by atoms with van der Waals surface area (Å²) >= 11 is 6.43. The van der Waals surface area contributed by atoms with E-state index in [4.69, 9.17) is 21.1 Å². The van der Waals surface area contributed by atoms with Gasteiger partial charge in [0, 0.05) is 17.9 Å². The highest BCUT2D eigenvalue weighted by atomic mass is 35.5. The molecular formula is C25H27ClN2O3. The first-order valence-electron chi connectivity index (χ1n) is 10.2. The predicted octanol–water partition coefficient (Wildman–Crippen LogP) is 5.85. The summed E-state index contributed by atoms with van der Waals surface area (Å²) < 4.78 is 11.1. The number of nitrogens with one attached hydrogen (secondary N) is 2. The first-order valence-corrected chi connectivity index (χ1v) is 10.5. The van der Waals surface area contributed by atoms with E-state index in [9.17, 15) is 4.79 Å². The third-order valence-corrected chi connectivity index (χ3v) is 5.08. The molecule has 0 fully saturated rings. The largest absolute Gasteiger partial charge is 0.493 e. The molecule has 0 spiro atoms. The highest BCUT2D eigenvalue weighted by Gasteiger charge is 2.14. The number of hydrogen-bond donors (Lipinski definition) is 2. The van der Waals surface area contributed by atoms with Crippen LogP contribution in [0.5, 0.6) is 11.5 Å². The lowest BCUT2D eigenvalue weighted by Gasteiger charge is -2.15. The van der Waals surface area contributed by atoms with E-state index in [0.29, 0.717) is 23.1 Å². The highest BCUT2D eigenvalue weighted by molar-refractivity contribution is 6.32. The molecular weight excluding hydrogens is 412 g/mol. The van der Waals surface area contributed by atoms with Crippen LogP contribution in [0.4, 0.5) is 11.4 Å². The smallest absolute Gasteiger partial charge is 0.262 e. The molecule has 0 saturated heterocycles. The van der Waals surface area contributed by atoms with Gasteiger partial charge in [0.2, 0.25) is 0 Å². The van der Waals surface area contributed by atoms with Crippen molar-refractivity contribution < 1.29 is 14.3 Å². The molecule has 0 aliphatic heterocycles. The molecule has 0 aliphatic rings. The Morgan fingerprint density at radius 2 is 1.77 bits per heavy atom. The zero-order valence-corrected chi connectivity index (χ0v) is 18.8. The molecule has 31 heavy (non-hydrogen) atoms. The van der Waals surface area contributed by atoms with Crippen molar-refractivity contribution in [3.8, 4) is 11.5 Å². The molecule has 1 amide bonds. The van der Waals surface area contributed by atoms with Crippen LogP contribution < -0.4 is 20.1 Å². The molecule has 3 aromatic carbocycles. The Hall–Kier alpha value is -3.18. The Bertz CT molecular complexity index is 1040. The molecule has 3 rings (SSSR count). The van der Waals surface area contributed by atoms with Gasteiger partial charge in [-0.05, 0) is 66.4 Å². The maximum atomic E-state index is 12.2. The van der Waals surface area contributed by atoms with Gasteiger partial charge >= 0.3 is 0 Å². The Morgan fingerprint density at radius 1 is 1.00 bits per heavy atom. The summed E-state index contributed by atoms with van der Waals surface area (Å²) in [7, 11) is 1.55. The first-order chi connectivity index (χ1) is 15.0. The Labute approximate surface area is 188 Å². The van der Waals surface area contributed by atoms with Gasteiger partial charge in [0.1, 0.15) is 0 Å². The van der Waals surface area contributed by atoms with E-state index in [1.807, 2.05) is 43.3 Å². The second kappa shape index (κ2) is 10.7. The minimum Gasteiger partial charge on any atom is -0.493 e. The second-order valence-electron chi connectivity index (χ2n) is 7.22. The number of anilines is 2. The number of rotatable bonds is 9. The number of carbonyl (C=O) groups excluding carboxylic acids is 1. The van der Waals surface area contributed by atoms with Crippen molar-refractivity contribution in [2.45, 2.75) is 26.8 Å². The lowest BCUT2D eigenvalue weighted by Crippen LogP contribution is -2.20. The molecule has 0 aliphatic carbocycles. The third kappa shape index (κ3) is 6.40. The topological polar surface area (TPSA) is 59.6 Å². The Kier molecular flexibility index (Phi) is 7.79. The molecule has 0 radical (unpaired) electrons. The summed E-state index contributed by atoms with van der Waals surface area (Å²) in [5.41, 5.74) is 5.05. The van der Waals surface area contributed by atoms with Gasteiger partial charge in [-0.2, -0.15) is 0 Å². The average molecular weight is 439 g/mol. The SMILES string of the molecule is CCc1ccc(NCc2cc(Cl)c(OCC(=O)Nc3cccc(C)c3)c(OC)c2)cc1. The molecule has 0 heterocycles. The highest BCUT2D eigenvalue weighted by Crippen LogP contribution is 2.36. The maximum Gasteiger partial charge on any atom is 0.262 e. The van der Waals surface area contributed by atoms with Gasteiger partial charge in [0.05, 0.1) is 12.1 Å². The van der Waals surface area contributed by atoms with Crippen LogP contribution in [-0.2, 0) is 17.8 Å². The van der Waals surface area contributed by atoms with Gasteiger partial charge < -0.3 is 20.1 Å². The number of carbonyl (C=O) groups is 1. The van der Waals surface area contributed by atoms with E-state index in [2.05, 4.69) is 41.8 Å². The molecule has 0 saturated carbocycles. The zero-order chi connectivity index (χ0) is 22.2. The summed E-state index contributed by atoms with van der Waals surface area (Å²) in [6.07, 6.45) is 1.01. The fourth-order valence-corrected chi connectivity index (χ4v) is 3.42. The standard InChI is InChI=1S/C25H27ClN2O3/c1-4-18-8-10-20(11-9-18)27-15-19-13-22(26)25(23(14-19)30-3)31-16-24(29)28-21-7-5-6-17(2)12-21/h5-14,27H,4,15-16H2,1-3H3,(H,28,29). The van der Waals surface area contributed by atoms with Crippen LogP contribution in [0.25, 0.3) is 0 Å². The van der Waals surface area contributed by atoms with Crippen molar-refractivity contribution in [2.24, 2.45) is 0 Å². The quantitative estimate of drug-likeness (QED) is 0.440. The molecule has 6 heteroatoms. The molecule has 3 aromatic rings. The van der Waals surface area contributed by atoms with E-state index in [0.717, 1.165) is 28.9 Å². The summed E-state index contributed by atoms with van der Waals surface area (Å²) in [6, 6.07) is 19.6. The average Bonchev–Trinajstić information content (AvgIpc) is 2.77. The monoisotopic (exact) mass is 438 g/mol. The number of methoxy groups -OCH3 is 1. The third-order valence-electron chi connectivity index (χ3n) is 4.80. The van der Waals surface area contributed by atoms with Gasteiger partial charge in [0.15, 0.2) is 18.1 Å². The van der Waals surface area contributed by atoms with Crippen molar-refractivity contribution in [3.05, 3.63) is 82.4 Å². The lowest BCUT2D eigenvalue weighted by molar-refractivity contribution is -0.118. The van der Waals surface area contributed by atoms with Crippen LogP contribution in [0.3, 0.4) is 0 Å². The van der Waals surface area contributed by atoms with Crippen LogP contribution in [-0.4, -0.2) is 19.6 Å². The van der Waals surface area contributed by atoms with Gasteiger partial charge in [-0.25, -0.2) is 0 Å². The van der Waals surface area contributed by atoms with E-state index in [-0.39, 0.29) is 12.5 Å². The van der Waals surface area contributed by atoms with Crippen LogP contribution >= 0.6 is 11.6 Å². The molecule has 0 bridgehead atoms. The molecule has 0 aromatic heterocycles. The summed E-state index contributed by atoms with van der Waals surface area (Å²) in [6.45, 7) is 4.50. The Balaban J connectivity index is 1.62. The fraction of sp³-hybridized carbons (Fsp3) is 0.240. The van der Waals surface area contributed by atoms with Crippen molar-refractivity contribution >= 4 is 28.9 Å². The van der Waals surface area contributed by atoms with E-state index in [1.165, 1.54) is 5.56 Å². The van der Waals surface area contributed by atoms with Crippen LogP contribution in [0, 0.1) is 6.92 Å². The van der Waals surface area contributed by atoms with Gasteiger partial charge in [-0.3, -0.25) is 4.79 Å². The molecule has 0 atom stereocenters. The lowest BCUT2D eigenvalue weighted by atomic mass is 10.1. The normalized spacial score (nSPS) is 10.5. The summed E-state index contributed by atoms with van der Waals surface area (Å²) in [5.74, 6) is 0.554. The van der Waals surface area contributed by atoms with Gasteiger partial charge in [-0.1, -0.05) is 42.8 Å². The number of benzene rings is 3. The molecule has 2 N–H and O–H groups in total. The number of ether oxygens (including phenoxy) is 2. The molecule has 0 unspecified atom stereocenters. The first kappa shape index (κ1) is 22.5. The van der Waals surface area contributed by atoms with Crippen molar-refractivity contribution in [1.29, 1.82) is 0 Å². The predicted molar refractivity (Wildman–Crippen MR) is 126 cm³/mol. The van der Waals surface area contributed by atoms with Crippen LogP contribution in [0.2, 0.25) is 5.02 Å². The van der Waals surface area contributed by atoms with Crippen molar-refractivity contribution in [2.75, 3.05) is 24.4 Å². The van der Waals surface area contributed by atoms with Crippen LogP contribution in [0.1, 0.15) is 23.6 Å². The minimum absolute atomic E-state index is 0.175. The Morgan fingerprint density at radius 3 is 2.45 bits per heavy atom. The number of amides is 1. The van der Waals surface area contributed by atoms with Gasteiger partial charge in [0.25, 0.3) is 5.91 Å². The maximum absolute atomic E-state index is 12.2.